The molecule has 0 spiro atoms. The van der Waals surface area contributed by atoms with Gasteiger partial charge in [0.1, 0.15) is 10.6 Å². The van der Waals surface area contributed by atoms with Crippen LogP contribution in [0, 0.1) is 0 Å². The number of hydrogen-bond acceptors (Lipinski definition) is 7. The van der Waals surface area contributed by atoms with Gasteiger partial charge in [-0.25, -0.2) is 4.79 Å². The van der Waals surface area contributed by atoms with Crippen molar-refractivity contribution in [3.05, 3.63) is 5.56 Å². The molecule has 1 aromatic rings. The van der Waals surface area contributed by atoms with E-state index in [2.05, 4.69) is 4.37 Å². The maximum absolute atomic E-state index is 11.9. The lowest BCUT2D eigenvalue weighted by atomic mass is 10.3. The standard InChI is InChI=1S/C12H20N4O3S/c1-5-16(7-8(17)15(3)4)11-9(10(13)14-20-11)12(18)19-6-2/h5-7H2,1-4H3,(H2,13,14). The van der Waals surface area contributed by atoms with Crippen molar-refractivity contribution in [1.29, 1.82) is 0 Å². The molecule has 0 bridgehead atoms. The Morgan fingerprint density at radius 1 is 1.35 bits per heavy atom. The fraction of sp³-hybridized carbons (Fsp3) is 0.583. The molecule has 0 aliphatic rings. The van der Waals surface area contributed by atoms with Crippen LogP contribution < -0.4 is 10.6 Å². The van der Waals surface area contributed by atoms with Crippen LogP contribution in [0.3, 0.4) is 0 Å². The first-order chi connectivity index (χ1) is 9.42. The van der Waals surface area contributed by atoms with E-state index in [1.54, 1.807) is 25.9 Å². The van der Waals surface area contributed by atoms with Crippen molar-refractivity contribution >= 4 is 34.2 Å². The Hall–Kier alpha value is -1.83. The summed E-state index contributed by atoms with van der Waals surface area (Å²) in [4.78, 5) is 27.0. The molecule has 7 nitrogen and oxygen atoms in total. The maximum Gasteiger partial charge on any atom is 0.345 e. The van der Waals surface area contributed by atoms with Gasteiger partial charge in [0.05, 0.1) is 13.2 Å². The van der Waals surface area contributed by atoms with Crippen LogP contribution in [0.2, 0.25) is 0 Å². The number of likely N-dealkylation sites (N-methyl/N-ethyl adjacent to an activating group) is 2. The molecule has 0 fully saturated rings. The van der Waals surface area contributed by atoms with Gasteiger partial charge in [0.25, 0.3) is 0 Å². The first-order valence-corrected chi connectivity index (χ1v) is 7.07. The Labute approximate surface area is 122 Å². The summed E-state index contributed by atoms with van der Waals surface area (Å²) in [5.41, 5.74) is 5.97. The molecule has 0 aliphatic carbocycles. The van der Waals surface area contributed by atoms with E-state index >= 15 is 0 Å². The van der Waals surface area contributed by atoms with Crippen molar-refractivity contribution in [1.82, 2.24) is 9.27 Å². The molecule has 1 aromatic heterocycles. The van der Waals surface area contributed by atoms with E-state index in [4.69, 9.17) is 10.5 Å². The average molecular weight is 300 g/mol. The third-order valence-electron chi connectivity index (χ3n) is 2.67. The Bertz CT molecular complexity index is 487. The van der Waals surface area contributed by atoms with E-state index < -0.39 is 5.97 Å². The third kappa shape index (κ3) is 3.60. The van der Waals surface area contributed by atoms with Gasteiger partial charge in [-0.05, 0) is 25.4 Å². The number of nitrogen functional groups attached to an aromatic ring is 1. The molecule has 2 N–H and O–H groups in total. The molecule has 0 atom stereocenters. The first-order valence-electron chi connectivity index (χ1n) is 6.29. The zero-order valence-corrected chi connectivity index (χ0v) is 13.0. The number of nitrogens with zero attached hydrogens (tertiary/aromatic N) is 3. The number of nitrogens with two attached hydrogens (primary N) is 1. The Kier molecular flexibility index (Phi) is 5.75. The van der Waals surface area contributed by atoms with Crippen molar-refractivity contribution in [2.45, 2.75) is 13.8 Å². The van der Waals surface area contributed by atoms with E-state index in [0.29, 0.717) is 11.5 Å². The summed E-state index contributed by atoms with van der Waals surface area (Å²) in [5, 5.41) is 0.568. The zero-order chi connectivity index (χ0) is 15.3. The molecule has 0 saturated carbocycles. The van der Waals surface area contributed by atoms with Crippen molar-refractivity contribution < 1.29 is 14.3 Å². The monoisotopic (exact) mass is 300 g/mol. The maximum atomic E-state index is 11.9. The van der Waals surface area contributed by atoms with Gasteiger partial charge in [-0.15, -0.1) is 0 Å². The van der Waals surface area contributed by atoms with Gasteiger partial charge in [-0.3, -0.25) is 4.79 Å². The lowest BCUT2D eigenvalue weighted by molar-refractivity contribution is -0.127. The SMILES string of the molecule is CCOC(=O)c1c(N)nsc1N(CC)CC(=O)N(C)C. The van der Waals surface area contributed by atoms with Crippen LogP contribution in [-0.4, -0.2) is 54.9 Å². The Morgan fingerprint density at radius 3 is 2.50 bits per heavy atom. The summed E-state index contributed by atoms with van der Waals surface area (Å²) >= 11 is 1.10. The second-order valence-corrected chi connectivity index (χ2v) is 5.02. The minimum atomic E-state index is -0.510. The highest BCUT2D eigenvalue weighted by molar-refractivity contribution is 7.11. The van der Waals surface area contributed by atoms with Crippen LogP contribution in [-0.2, 0) is 9.53 Å². The van der Waals surface area contributed by atoms with Gasteiger partial charge in [0.2, 0.25) is 5.91 Å². The van der Waals surface area contributed by atoms with Gasteiger partial charge in [0, 0.05) is 20.6 Å². The van der Waals surface area contributed by atoms with Gasteiger partial charge in [-0.2, -0.15) is 4.37 Å². The molecule has 0 saturated heterocycles. The first kappa shape index (κ1) is 16.2. The van der Waals surface area contributed by atoms with Gasteiger partial charge in [-0.1, -0.05) is 0 Å². The predicted octanol–water partition coefficient (Wildman–Crippen LogP) is 0.816. The molecule has 0 aromatic carbocycles. The molecular formula is C12H20N4O3S. The number of amides is 1. The van der Waals surface area contributed by atoms with Gasteiger partial charge >= 0.3 is 5.97 Å². The lowest BCUT2D eigenvalue weighted by Gasteiger charge is -2.23. The molecule has 8 heteroatoms. The molecule has 0 unspecified atom stereocenters. The van der Waals surface area contributed by atoms with Gasteiger partial charge < -0.3 is 20.3 Å². The summed E-state index contributed by atoms with van der Waals surface area (Å²) in [6, 6.07) is 0. The molecular weight excluding hydrogens is 280 g/mol. The average Bonchev–Trinajstić information content (AvgIpc) is 2.77. The second-order valence-electron chi connectivity index (χ2n) is 4.27. The quantitative estimate of drug-likeness (QED) is 0.782. The number of rotatable bonds is 6. The number of ether oxygens (including phenoxy) is 1. The van der Waals surface area contributed by atoms with Crippen LogP contribution in [0.5, 0.6) is 0 Å². The number of esters is 1. The number of carbonyl (C=O) groups excluding carboxylic acids is 2. The molecule has 20 heavy (non-hydrogen) atoms. The van der Waals surface area contributed by atoms with Crippen molar-refractivity contribution in [2.24, 2.45) is 0 Å². The van der Waals surface area contributed by atoms with Crippen LogP contribution >= 0.6 is 11.5 Å². The molecule has 1 heterocycles. The number of aromatic nitrogens is 1. The summed E-state index contributed by atoms with van der Waals surface area (Å²) in [6.07, 6.45) is 0. The zero-order valence-electron chi connectivity index (χ0n) is 12.2. The highest BCUT2D eigenvalue weighted by Gasteiger charge is 2.25. The second kappa shape index (κ2) is 7.09. The highest BCUT2D eigenvalue weighted by Crippen LogP contribution is 2.31. The van der Waals surface area contributed by atoms with E-state index in [1.165, 1.54) is 4.90 Å². The third-order valence-corrected chi connectivity index (χ3v) is 3.60. The number of hydrogen-bond donors (Lipinski definition) is 1. The minimum Gasteiger partial charge on any atom is -0.462 e. The summed E-state index contributed by atoms with van der Waals surface area (Å²) in [5.74, 6) is -0.433. The van der Waals surface area contributed by atoms with Gasteiger partial charge in [0.15, 0.2) is 5.82 Å². The fourth-order valence-electron chi connectivity index (χ4n) is 1.54. The topological polar surface area (TPSA) is 88.8 Å². The van der Waals surface area contributed by atoms with Crippen LogP contribution in [0.25, 0.3) is 0 Å². The molecule has 0 aliphatic heterocycles. The smallest absolute Gasteiger partial charge is 0.345 e. The highest BCUT2D eigenvalue weighted by atomic mass is 32.1. The minimum absolute atomic E-state index is 0.0615. The molecule has 0 radical (unpaired) electrons. The fourth-order valence-corrected chi connectivity index (χ4v) is 2.40. The van der Waals surface area contributed by atoms with E-state index in [-0.39, 0.29) is 30.4 Å². The van der Waals surface area contributed by atoms with Crippen LogP contribution in [0.1, 0.15) is 24.2 Å². The molecule has 112 valence electrons. The van der Waals surface area contributed by atoms with Crippen LogP contribution in [0.4, 0.5) is 10.8 Å². The molecule has 1 amide bonds. The summed E-state index contributed by atoms with van der Waals surface area (Å²) < 4.78 is 8.97. The molecule has 1 rings (SSSR count). The summed E-state index contributed by atoms with van der Waals surface area (Å²) in [6.45, 7) is 4.61. The van der Waals surface area contributed by atoms with Crippen molar-refractivity contribution in [3.63, 3.8) is 0 Å². The Balaban J connectivity index is 3.04. The number of carbonyl (C=O) groups is 2. The van der Waals surface area contributed by atoms with E-state index in [0.717, 1.165) is 11.5 Å². The largest absolute Gasteiger partial charge is 0.462 e. The predicted molar refractivity (Wildman–Crippen MR) is 79.1 cm³/mol. The van der Waals surface area contributed by atoms with Crippen LogP contribution in [0.15, 0.2) is 0 Å². The normalized spacial score (nSPS) is 10.2. The lowest BCUT2D eigenvalue weighted by Crippen LogP contribution is -2.36. The van der Waals surface area contributed by atoms with E-state index in [9.17, 15) is 9.59 Å². The van der Waals surface area contributed by atoms with Crippen molar-refractivity contribution in [2.75, 3.05) is 44.4 Å². The summed E-state index contributed by atoms with van der Waals surface area (Å²) in [7, 11) is 3.37. The number of anilines is 2. The van der Waals surface area contributed by atoms with E-state index in [1.807, 2.05) is 6.92 Å². The Morgan fingerprint density at radius 2 is 2.00 bits per heavy atom. The van der Waals surface area contributed by atoms with Crippen molar-refractivity contribution in [3.8, 4) is 0 Å².